The van der Waals surface area contributed by atoms with Crippen LogP contribution in [0.3, 0.4) is 0 Å². The molecule has 1 N–H and O–H groups in total. The van der Waals surface area contributed by atoms with Gasteiger partial charge in [0.05, 0.1) is 11.2 Å². The molecule has 0 spiro atoms. The Balaban J connectivity index is 1.59. The van der Waals surface area contributed by atoms with E-state index < -0.39 is 5.82 Å². The molecule has 0 heterocycles. The van der Waals surface area contributed by atoms with Gasteiger partial charge >= 0.3 is 0 Å². The Labute approximate surface area is 132 Å². The Morgan fingerprint density at radius 2 is 2.00 bits per heavy atom. The van der Waals surface area contributed by atoms with Crippen LogP contribution in [0.5, 0.6) is 0 Å². The number of benzene rings is 2. The summed E-state index contributed by atoms with van der Waals surface area (Å²) in [5.74, 6) is -0.458. The number of carbonyl (C=O) groups is 1. The molecule has 1 saturated carbocycles. The number of rotatable bonds is 4. The molecule has 2 aromatic carbocycles. The summed E-state index contributed by atoms with van der Waals surface area (Å²) < 4.78 is 13.5. The van der Waals surface area contributed by atoms with Crippen LogP contribution in [0.2, 0.25) is 5.02 Å². The molecule has 2 atom stereocenters. The second kappa shape index (κ2) is 6.28. The average Bonchev–Trinajstić information content (AvgIpc) is 3.32. The lowest BCUT2D eigenvalue weighted by Crippen LogP contribution is -2.20. The smallest absolute Gasteiger partial charge is 0.243 e. The van der Waals surface area contributed by atoms with E-state index in [-0.39, 0.29) is 28.3 Å². The van der Waals surface area contributed by atoms with Gasteiger partial charge in [-0.05, 0) is 30.0 Å². The second-order valence-electron chi connectivity index (χ2n) is 5.23. The number of hydrazone groups is 1. The summed E-state index contributed by atoms with van der Waals surface area (Å²) in [4.78, 5) is 12.0. The SMILES string of the molecule is O=C(N/N=C\c1c(F)cccc1Cl)[C@H]1C[C@H]1c1ccccc1. The van der Waals surface area contributed by atoms with E-state index >= 15 is 0 Å². The number of carbonyl (C=O) groups excluding carboxylic acids is 1. The molecular formula is C17H14ClFN2O. The molecule has 3 nitrogen and oxygen atoms in total. The lowest BCUT2D eigenvalue weighted by Gasteiger charge is -2.01. The van der Waals surface area contributed by atoms with Crippen LogP contribution in [0.4, 0.5) is 4.39 Å². The predicted octanol–water partition coefficient (Wildman–Crippen LogP) is 3.73. The highest BCUT2D eigenvalue weighted by atomic mass is 35.5. The van der Waals surface area contributed by atoms with E-state index in [0.29, 0.717) is 0 Å². The van der Waals surface area contributed by atoms with Crippen molar-refractivity contribution in [2.45, 2.75) is 12.3 Å². The minimum atomic E-state index is -0.473. The summed E-state index contributed by atoms with van der Waals surface area (Å²) >= 11 is 5.88. The minimum absolute atomic E-state index is 0.0735. The molecule has 1 fully saturated rings. The highest BCUT2D eigenvalue weighted by Crippen LogP contribution is 2.47. The van der Waals surface area contributed by atoms with Crippen molar-refractivity contribution in [3.05, 3.63) is 70.5 Å². The Morgan fingerprint density at radius 1 is 1.23 bits per heavy atom. The van der Waals surface area contributed by atoms with E-state index in [1.165, 1.54) is 18.3 Å². The molecule has 22 heavy (non-hydrogen) atoms. The zero-order valence-corrected chi connectivity index (χ0v) is 12.4. The van der Waals surface area contributed by atoms with Crippen LogP contribution in [0.15, 0.2) is 53.6 Å². The molecule has 3 rings (SSSR count). The fourth-order valence-electron chi connectivity index (χ4n) is 2.43. The maximum atomic E-state index is 13.5. The van der Waals surface area contributed by atoms with Gasteiger partial charge in [-0.3, -0.25) is 4.79 Å². The van der Waals surface area contributed by atoms with Crippen LogP contribution in [-0.4, -0.2) is 12.1 Å². The quantitative estimate of drug-likeness (QED) is 0.677. The largest absolute Gasteiger partial charge is 0.273 e. The highest BCUT2D eigenvalue weighted by Gasteiger charge is 2.43. The topological polar surface area (TPSA) is 41.5 Å². The first-order valence-corrected chi connectivity index (χ1v) is 7.36. The molecule has 0 unspecified atom stereocenters. The van der Waals surface area contributed by atoms with Gasteiger partial charge in [-0.2, -0.15) is 5.10 Å². The molecule has 0 radical (unpaired) electrons. The van der Waals surface area contributed by atoms with Gasteiger partial charge in [0, 0.05) is 11.5 Å². The van der Waals surface area contributed by atoms with Gasteiger partial charge in [0.1, 0.15) is 5.82 Å². The zero-order valence-electron chi connectivity index (χ0n) is 11.7. The van der Waals surface area contributed by atoms with Crippen molar-refractivity contribution in [2.24, 2.45) is 11.0 Å². The number of nitrogens with one attached hydrogen (secondary N) is 1. The normalized spacial score (nSPS) is 20.1. The second-order valence-corrected chi connectivity index (χ2v) is 5.64. The van der Waals surface area contributed by atoms with Crippen molar-refractivity contribution in [3.8, 4) is 0 Å². The van der Waals surface area contributed by atoms with Gasteiger partial charge in [0.2, 0.25) is 5.91 Å². The van der Waals surface area contributed by atoms with Gasteiger partial charge in [-0.15, -0.1) is 0 Å². The zero-order chi connectivity index (χ0) is 15.5. The Bertz CT molecular complexity index is 698. The fraction of sp³-hybridized carbons (Fsp3) is 0.176. The first-order valence-electron chi connectivity index (χ1n) is 6.98. The highest BCUT2D eigenvalue weighted by molar-refractivity contribution is 6.33. The van der Waals surface area contributed by atoms with Crippen LogP contribution < -0.4 is 5.43 Å². The van der Waals surface area contributed by atoms with Crippen molar-refractivity contribution < 1.29 is 9.18 Å². The fourth-order valence-corrected chi connectivity index (χ4v) is 2.64. The first kappa shape index (κ1) is 14.7. The number of nitrogens with zero attached hydrogens (tertiary/aromatic N) is 1. The maximum Gasteiger partial charge on any atom is 0.243 e. The lowest BCUT2D eigenvalue weighted by atomic mass is 10.1. The molecule has 2 aromatic rings. The van der Waals surface area contributed by atoms with Gasteiger partial charge in [0.15, 0.2) is 0 Å². The number of halogens is 2. The van der Waals surface area contributed by atoms with Crippen LogP contribution in [-0.2, 0) is 4.79 Å². The van der Waals surface area contributed by atoms with E-state index in [9.17, 15) is 9.18 Å². The lowest BCUT2D eigenvalue weighted by molar-refractivity contribution is -0.122. The van der Waals surface area contributed by atoms with Crippen molar-refractivity contribution in [1.29, 1.82) is 0 Å². The third-order valence-electron chi connectivity index (χ3n) is 3.72. The number of hydrogen-bond donors (Lipinski definition) is 1. The van der Waals surface area contributed by atoms with Gasteiger partial charge in [0.25, 0.3) is 0 Å². The standard InChI is InChI=1S/C17H14ClFN2O/c18-15-7-4-8-16(19)14(15)10-20-21-17(22)13-9-12(13)11-5-2-1-3-6-11/h1-8,10,12-13H,9H2,(H,21,22)/b20-10-/t12-,13-/m0/s1. The van der Waals surface area contributed by atoms with Gasteiger partial charge in [-0.1, -0.05) is 48.0 Å². The van der Waals surface area contributed by atoms with Crippen LogP contribution in [0.25, 0.3) is 0 Å². The summed E-state index contributed by atoms with van der Waals surface area (Å²) in [6, 6.07) is 14.3. The Kier molecular flexibility index (Phi) is 4.20. The molecule has 0 aromatic heterocycles. The number of hydrogen-bond acceptors (Lipinski definition) is 2. The summed E-state index contributed by atoms with van der Waals surface area (Å²) in [7, 11) is 0. The van der Waals surface area contributed by atoms with E-state index in [1.54, 1.807) is 6.07 Å². The maximum absolute atomic E-state index is 13.5. The molecule has 1 aliphatic carbocycles. The molecule has 1 aliphatic rings. The van der Waals surface area contributed by atoms with Gasteiger partial charge in [-0.25, -0.2) is 9.82 Å². The monoisotopic (exact) mass is 316 g/mol. The summed E-state index contributed by atoms with van der Waals surface area (Å²) in [6.07, 6.45) is 2.04. The Hall–Kier alpha value is -2.20. The van der Waals surface area contributed by atoms with Crippen LogP contribution >= 0.6 is 11.6 Å². The molecule has 5 heteroatoms. The van der Waals surface area contributed by atoms with E-state index in [2.05, 4.69) is 10.5 Å². The molecule has 0 bridgehead atoms. The van der Waals surface area contributed by atoms with Crippen LogP contribution in [0.1, 0.15) is 23.5 Å². The van der Waals surface area contributed by atoms with Crippen molar-refractivity contribution >= 4 is 23.7 Å². The molecule has 0 saturated heterocycles. The summed E-state index contributed by atoms with van der Waals surface area (Å²) in [5.41, 5.74) is 3.78. The third kappa shape index (κ3) is 3.17. The van der Waals surface area contributed by atoms with Crippen molar-refractivity contribution in [1.82, 2.24) is 5.43 Å². The predicted molar refractivity (Wildman–Crippen MR) is 84.4 cm³/mol. The van der Waals surface area contributed by atoms with E-state index in [4.69, 9.17) is 11.6 Å². The van der Waals surface area contributed by atoms with Gasteiger partial charge < -0.3 is 0 Å². The molecule has 1 amide bonds. The number of amides is 1. The third-order valence-corrected chi connectivity index (χ3v) is 4.05. The van der Waals surface area contributed by atoms with E-state index in [0.717, 1.165) is 12.0 Å². The average molecular weight is 317 g/mol. The minimum Gasteiger partial charge on any atom is -0.273 e. The van der Waals surface area contributed by atoms with Crippen molar-refractivity contribution in [2.75, 3.05) is 0 Å². The van der Waals surface area contributed by atoms with Crippen LogP contribution in [0, 0.1) is 11.7 Å². The molecule has 0 aliphatic heterocycles. The summed E-state index contributed by atoms with van der Waals surface area (Å²) in [6.45, 7) is 0. The first-order chi connectivity index (χ1) is 10.7. The van der Waals surface area contributed by atoms with Crippen molar-refractivity contribution in [3.63, 3.8) is 0 Å². The molecular weight excluding hydrogens is 303 g/mol. The molecule has 112 valence electrons. The summed E-state index contributed by atoms with van der Waals surface area (Å²) in [5, 5.41) is 4.06. The van der Waals surface area contributed by atoms with E-state index in [1.807, 2.05) is 30.3 Å². The Morgan fingerprint density at radius 3 is 2.73 bits per heavy atom.